The average Bonchev–Trinajstić information content (AvgIpc) is 3.27. The Balaban J connectivity index is 1.31. The van der Waals surface area contributed by atoms with Gasteiger partial charge in [-0.05, 0) is 37.1 Å². The molecule has 3 nitrogen and oxygen atoms in total. The number of rotatable bonds is 23. The van der Waals surface area contributed by atoms with Crippen molar-refractivity contribution in [3.63, 3.8) is 0 Å². The van der Waals surface area contributed by atoms with Crippen LogP contribution in [-0.2, 0) is 6.42 Å². The summed E-state index contributed by atoms with van der Waals surface area (Å²) in [5, 5.41) is 10.1. The van der Waals surface area contributed by atoms with Gasteiger partial charge >= 0.3 is 5.97 Å². The van der Waals surface area contributed by atoms with Crippen LogP contribution in [0.5, 0.6) is 0 Å². The van der Waals surface area contributed by atoms with Gasteiger partial charge in [0.2, 0.25) is 0 Å². The number of carboxylic acids is 1. The zero-order valence-corrected chi connectivity index (χ0v) is 22.7. The molecule has 1 heterocycles. The second-order valence-corrected chi connectivity index (χ2v) is 10.7. The normalized spacial score (nSPS) is 11.5. The smallest absolute Gasteiger partial charge is 0.335 e. The number of unbranched alkanes of at least 4 members (excludes halogenated alkanes) is 20. The van der Waals surface area contributed by atoms with Crippen molar-refractivity contribution in [3.05, 3.63) is 35.5 Å². The second-order valence-electron chi connectivity index (χ2n) is 10.7. The van der Waals surface area contributed by atoms with Gasteiger partial charge in [-0.2, -0.15) is 0 Å². The van der Waals surface area contributed by atoms with Gasteiger partial charge in [0.1, 0.15) is 0 Å². The van der Waals surface area contributed by atoms with Gasteiger partial charge in [0.05, 0.1) is 5.56 Å². The number of aromatic amines is 1. The summed E-state index contributed by atoms with van der Waals surface area (Å²) in [6.07, 6.45) is 30.7. The molecule has 0 amide bonds. The molecule has 0 aliphatic heterocycles. The highest BCUT2D eigenvalue weighted by atomic mass is 16.4. The standard InChI is InChI=1S/C32H53NO2/c1-2-3-4-5-6-7-8-9-10-11-12-13-14-15-16-17-18-19-20-21-22-23-30-27-29-26-28(32(34)35)24-25-31(29)33-30/h24-27,33H,2-23H2,1H3,(H,34,35). The van der Waals surface area contributed by atoms with Crippen LogP contribution in [0.25, 0.3) is 10.9 Å². The molecule has 1 aromatic heterocycles. The fourth-order valence-electron chi connectivity index (χ4n) is 5.21. The summed E-state index contributed by atoms with van der Waals surface area (Å²) in [5.74, 6) is -0.862. The van der Waals surface area contributed by atoms with Crippen LogP contribution in [0.15, 0.2) is 24.3 Å². The molecule has 0 aliphatic rings. The molecule has 0 spiro atoms. The van der Waals surface area contributed by atoms with Crippen molar-refractivity contribution < 1.29 is 9.90 Å². The van der Waals surface area contributed by atoms with Gasteiger partial charge in [-0.25, -0.2) is 4.79 Å². The first-order valence-corrected chi connectivity index (χ1v) is 15.1. The lowest BCUT2D eigenvalue weighted by Gasteiger charge is -2.04. The number of aromatic nitrogens is 1. The minimum absolute atomic E-state index is 0.358. The fraction of sp³-hybridized carbons (Fsp3) is 0.719. The number of carboxylic acid groups (broad SMARTS) is 1. The highest BCUT2D eigenvalue weighted by Gasteiger charge is 2.06. The van der Waals surface area contributed by atoms with Gasteiger partial charge in [0.25, 0.3) is 0 Å². The Kier molecular flexibility index (Phi) is 16.3. The van der Waals surface area contributed by atoms with Crippen LogP contribution < -0.4 is 0 Å². The third-order valence-electron chi connectivity index (χ3n) is 7.47. The van der Waals surface area contributed by atoms with Crippen LogP contribution in [-0.4, -0.2) is 16.1 Å². The predicted octanol–water partition coefficient (Wildman–Crippen LogP) is 10.6. The Morgan fingerprint density at radius 2 is 1.06 bits per heavy atom. The monoisotopic (exact) mass is 483 g/mol. The van der Waals surface area contributed by atoms with Gasteiger partial charge in [0, 0.05) is 16.6 Å². The van der Waals surface area contributed by atoms with Gasteiger partial charge in [-0.15, -0.1) is 0 Å². The van der Waals surface area contributed by atoms with E-state index in [9.17, 15) is 4.79 Å². The number of H-pyrrole nitrogens is 1. The van der Waals surface area contributed by atoms with Crippen molar-refractivity contribution in [2.24, 2.45) is 0 Å². The number of fused-ring (bicyclic) bond motifs is 1. The van der Waals surface area contributed by atoms with Crippen molar-refractivity contribution in [1.82, 2.24) is 4.98 Å². The molecule has 2 N–H and O–H groups in total. The molecule has 0 atom stereocenters. The van der Waals surface area contributed by atoms with E-state index in [0.717, 1.165) is 17.3 Å². The van der Waals surface area contributed by atoms with E-state index in [1.165, 1.54) is 141 Å². The quantitative estimate of drug-likeness (QED) is 0.154. The summed E-state index contributed by atoms with van der Waals surface area (Å²) in [4.78, 5) is 14.5. The summed E-state index contributed by atoms with van der Waals surface area (Å²) in [7, 11) is 0. The molecule has 0 bridgehead atoms. The highest BCUT2D eigenvalue weighted by molar-refractivity contribution is 5.93. The van der Waals surface area contributed by atoms with E-state index in [2.05, 4.69) is 18.0 Å². The van der Waals surface area contributed by atoms with Gasteiger partial charge in [-0.1, -0.05) is 135 Å². The molecule has 1 aromatic carbocycles. The minimum Gasteiger partial charge on any atom is -0.478 e. The zero-order valence-electron chi connectivity index (χ0n) is 22.7. The SMILES string of the molecule is CCCCCCCCCCCCCCCCCCCCCCCc1cc2cc(C(=O)O)ccc2[nH]1. The molecule has 0 aliphatic carbocycles. The zero-order chi connectivity index (χ0) is 25.0. The van der Waals surface area contributed by atoms with Crippen molar-refractivity contribution in [1.29, 1.82) is 0 Å². The maximum atomic E-state index is 11.1. The first-order valence-electron chi connectivity index (χ1n) is 15.1. The summed E-state index contributed by atoms with van der Waals surface area (Å²) < 4.78 is 0. The van der Waals surface area contributed by atoms with E-state index in [4.69, 9.17) is 5.11 Å². The lowest BCUT2D eigenvalue weighted by molar-refractivity contribution is 0.0697. The number of aryl methyl sites for hydroxylation is 1. The number of nitrogens with one attached hydrogen (secondary N) is 1. The molecular formula is C32H53NO2. The Labute approximate surface area is 215 Å². The van der Waals surface area contributed by atoms with E-state index in [1.54, 1.807) is 12.1 Å². The number of benzene rings is 1. The van der Waals surface area contributed by atoms with Crippen LogP contribution in [0.1, 0.15) is 158 Å². The number of carbonyl (C=O) groups is 1. The first kappa shape index (κ1) is 29.5. The lowest BCUT2D eigenvalue weighted by Crippen LogP contribution is -1.94. The fourth-order valence-corrected chi connectivity index (χ4v) is 5.21. The van der Waals surface area contributed by atoms with E-state index in [0.29, 0.717) is 5.56 Å². The van der Waals surface area contributed by atoms with E-state index in [1.807, 2.05) is 6.07 Å². The Morgan fingerprint density at radius 1 is 0.629 bits per heavy atom. The summed E-state index contributed by atoms with van der Waals surface area (Å²) in [5.41, 5.74) is 2.62. The topological polar surface area (TPSA) is 53.1 Å². The highest BCUT2D eigenvalue weighted by Crippen LogP contribution is 2.20. The van der Waals surface area contributed by atoms with E-state index < -0.39 is 5.97 Å². The van der Waals surface area contributed by atoms with Crippen molar-refractivity contribution in [2.75, 3.05) is 0 Å². The summed E-state index contributed by atoms with van der Waals surface area (Å²) in [6, 6.07) is 7.41. The largest absolute Gasteiger partial charge is 0.478 e. The first-order chi connectivity index (χ1) is 17.2. The van der Waals surface area contributed by atoms with Crippen LogP contribution in [0.2, 0.25) is 0 Å². The molecule has 3 heteroatoms. The van der Waals surface area contributed by atoms with E-state index in [-0.39, 0.29) is 0 Å². The predicted molar refractivity (Wildman–Crippen MR) is 152 cm³/mol. The summed E-state index contributed by atoms with van der Waals surface area (Å²) >= 11 is 0. The third kappa shape index (κ3) is 13.8. The Bertz CT molecular complexity index is 794. The Hall–Kier alpha value is -1.77. The third-order valence-corrected chi connectivity index (χ3v) is 7.47. The van der Waals surface area contributed by atoms with Gasteiger partial charge < -0.3 is 10.1 Å². The molecule has 0 radical (unpaired) electrons. The van der Waals surface area contributed by atoms with Crippen LogP contribution in [0.3, 0.4) is 0 Å². The molecule has 198 valence electrons. The average molecular weight is 484 g/mol. The maximum Gasteiger partial charge on any atom is 0.335 e. The molecule has 0 unspecified atom stereocenters. The van der Waals surface area contributed by atoms with Crippen molar-refractivity contribution in [2.45, 2.75) is 148 Å². The Morgan fingerprint density at radius 3 is 1.49 bits per heavy atom. The second kappa shape index (κ2) is 19.4. The van der Waals surface area contributed by atoms with Crippen LogP contribution in [0.4, 0.5) is 0 Å². The molecule has 0 fully saturated rings. The number of aromatic carboxylic acids is 1. The summed E-state index contributed by atoms with van der Waals surface area (Å²) in [6.45, 7) is 2.29. The maximum absolute atomic E-state index is 11.1. The molecule has 2 aromatic rings. The molecule has 2 rings (SSSR count). The van der Waals surface area contributed by atoms with Crippen LogP contribution >= 0.6 is 0 Å². The van der Waals surface area contributed by atoms with Crippen molar-refractivity contribution >= 4 is 16.9 Å². The van der Waals surface area contributed by atoms with Crippen LogP contribution in [0, 0.1) is 0 Å². The lowest BCUT2D eigenvalue weighted by atomic mass is 10.0. The van der Waals surface area contributed by atoms with Crippen molar-refractivity contribution in [3.8, 4) is 0 Å². The molecule has 35 heavy (non-hydrogen) atoms. The molecule has 0 saturated carbocycles. The van der Waals surface area contributed by atoms with Gasteiger partial charge in [-0.3, -0.25) is 0 Å². The van der Waals surface area contributed by atoms with E-state index >= 15 is 0 Å². The number of hydrogen-bond donors (Lipinski definition) is 2. The minimum atomic E-state index is -0.862. The molecular weight excluding hydrogens is 430 g/mol. The van der Waals surface area contributed by atoms with Gasteiger partial charge in [0.15, 0.2) is 0 Å². The number of hydrogen-bond acceptors (Lipinski definition) is 1. The molecule has 0 saturated heterocycles.